The van der Waals surface area contributed by atoms with Crippen LogP contribution in [0.15, 0.2) is 35.3 Å². The lowest BCUT2D eigenvalue weighted by Crippen LogP contribution is -2.46. The van der Waals surface area contributed by atoms with Crippen molar-refractivity contribution in [2.45, 2.75) is 38.6 Å². The van der Waals surface area contributed by atoms with Crippen molar-refractivity contribution >= 4 is 16.7 Å². The highest BCUT2D eigenvalue weighted by molar-refractivity contribution is 5.86. The molecule has 0 amide bonds. The topological polar surface area (TPSA) is 51.0 Å². The van der Waals surface area contributed by atoms with Crippen LogP contribution in [0.5, 0.6) is 0 Å². The molecule has 0 radical (unpaired) electrons. The van der Waals surface area contributed by atoms with Crippen molar-refractivity contribution in [1.82, 2.24) is 14.5 Å². The van der Waals surface area contributed by atoms with Crippen LogP contribution in [0.2, 0.25) is 0 Å². The zero-order valence-corrected chi connectivity index (χ0v) is 15.2. The maximum atomic E-state index is 12.3. The van der Waals surface area contributed by atoms with Gasteiger partial charge in [-0.25, -0.2) is 9.97 Å². The summed E-state index contributed by atoms with van der Waals surface area (Å²) in [6.45, 7) is 3.26. The molecule has 1 aliphatic carbocycles. The number of fused-ring (bicyclic) bond motifs is 2. The lowest BCUT2D eigenvalue weighted by molar-refractivity contribution is 0.470. The maximum absolute atomic E-state index is 12.3. The van der Waals surface area contributed by atoms with Crippen molar-refractivity contribution in [3.8, 4) is 11.3 Å². The molecule has 1 fully saturated rings. The van der Waals surface area contributed by atoms with Crippen LogP contribution in [-0.2, 0) is 19.9 Å². The Morgan fingerprint density at radius 1 is 1.15 bits per heavy atom. The lowest BCUT2D eigenvalue weighted by atomic mass is 10.0. The maximum Gasteiger partial charge on any atom is 0.258 e. The van der Waals surface area contributed by atoms with Gasteiger partial charge in [-0.1, -0.05) is 6.07 Å². The number of benzene rings is 1. The average Bonchev–Trinajstić information content (AvgIpc) is 3.11. The van der Waals surface area contributed by atoms with Crippen LogP contribution in [0, 0.1) is 0 Å². The Balaban J connectivity index is 1.69. The number of aryl methyl sites for hydroxylation is 2. The van der Waals surface area contributed by atoms with E-state index in [4.69, 9.17) is 9.97 Å². The van der Waals surface area contributed by atoms with E-state index >= 15 is 0 Å². The van der Waals surface area contributed by atoms with E-state index in [1.165, 1.54) is 17.7 Å². The third-order valence-corrected chi connectivity index (χ3v) is 5.85. The zero-order chi connectivity index (χ0) is 17.8. The van der Waals surface area contributed by atoms with Gasteiger partial charge in [0.15, 0.2) is 0 Å². The summed E-state index contributed by atoms with van der Waals surface area (Å²) < 4.78 is 1.62. The summed E-state index contributed by atoms with van der Waals surface area (Å²) >= 11 is 0. The Bertz CT molecular complexity index is 1090. The summed E-state index contributed by atoms with van der Waals surface area (Å²) in [6.07, 6.45) is 6.24. The molecule has 1 saturated heterocycles. The van der Waals surface area contributed by atoms with Gasteiger partial charge in [-0.3, -0.25) is 4.79 Å². The normalized spacial score (nSPS) is 18.8. The molecular formula is C21H22N4O. The molecule has 0 bridgehead atoms. The zero-order valence-electron chi connectivity index (χ0n) is 15.2. The van der Waals surface area contributed by atoms with Gasteiger partial charge in [0.25, 0.3) is 5.56 Å². The number of hydrogen-bond donors (Lipinski definition) is 0. The van der Waals surface area contributed by atoms with Crippen LogP contribution >= 0.6 is 0 Å². The monoisotopic (exact) mass is 346 g/mol. The first-order valence-corrected chi connectivity index (χ1v) is 9.38. The van der Waals surface area contributed by atoms with Crippen molar-refractivity contribution in [2.24, 2.45) is 7.05 Å². The molecule has 0 spiro atoms. The molecule has 0 unspecified atom stereocenters. The number of anilines is 1. The summed E-state index contributed by atoms with van der Waals surface area (Å²) in [5, 5.41) is 1.72. The molecule has 5 heteroatoms. The van der Waals surface area contributed by atoms with Crippen molar-refractivity contribution in [2.75, 3.05) is 11.4 Å². The first-order valence-electron chi connectivity index (χ1n) is 9.38. The molecule has 5 nitrogen and oxygen atoms in total. The quantitative estimate of drug-likeness (QED) is 0.715. The lowest BCUT2D eigenvalue weighted by Gasteiger charge is -2.39. The fourth-order valence-corrected chi connectivity index (χ4v) is 4.09. The first-order chi connectivity index (χ1) is 12.6. The Kier molecular flexibility index (Phi) is 3.39. The Labute approximate surface area is 152 Å². The van der Waals surface area contributed by atoms with E-state index in [2.05, 4.69) is 17.9 Å². The van der Waals surface area contributed by atoms with E-state index in [0.717, 1.165) is 53.8 Å². The van der Waals surface area contributed by atoms with Gasteiger partial charge < -0.3 is 9.47 Å². The van der Waals surface area contributed by atoms with E-state index < -0.39 is 0 Å². The third-order valence-electron chi connectivity index (χ3n) is 5.85. The molecule has 1 aromatic carbocycles. The fourth-order valence-electron chi connectivity index (χ4n) is 4.09. The summed E-state index contributed by atoms with van der Waals surface area (Å²) in [7, 11) is 1.79. The minimum Gasteiger partial charge on any atom is -0.338 e. The SMILES string of the molecule is C[C@H]1CCN1c1nc2c(c(-c3ccc4c(=O)n(C)ccc4c3)n1)CCC2. The molecule has 3 heterocycles. The third kappa shape index (κ3) is 2.26. The Morgan fingerprint density at radius 3 is 2.81 bits per heavy atom. The van der Waals surface area contributed by atoms with Crippen LogP contribution in [0.4, 0.5) is 5.95 Å². The highest BCUT2D eigenvalue weighted by atomic mass is 16.1. The van der Waals surface area contributed by atoms with Gasteiger partial charge in [-0.05, 0) is 56.2 Å². The number of aromatic nitrogens is 3. The van der Waals surface area contributed by atoms with E-state index in [0.29, 0.717) is 6.04 Å². The van der Waals surface area contributed by atoms with Gasteiger partial charge in [-0.2, -0.15) is 0 Å². The molecule has 1 aliphatic heterocycles. The molecule has 26 heavy (non-hydrogen) atoms. The molecule has 1 atom stereocenters. The smallest absolute Gasteiger partial charge is 0.258 e. The van der Waals surface area contributed by atoms with E-state index in [-0.39, 0.29) is 5.56 Å². The van der Waals surface area contributed by atoms with E-state index in [1.54, 1.807) is 11.6 Å². The van der Waals surface area contributed by atoms with Crippen LogP contribution in [0.25, 0.3) is 22.0 Å². The minimum absolute atomic E-state index is 0.0389. The largest absolute Gasteiger partial charge is 0.338 e. The highest BCUT2D eigenvalue weighted by Crippen LogP contribution is 2.34. The standard InChI is InChI=1S/C21H22N4O/c1-13-8-11-25(13)21-22-18-5-3-4-17(18)19(23-21)15-6-7-16-14(12-15)9-10-24(2)20(16)26/h6-7,9-10,12-13H,3-5,8,11H2,1-2H3/t13-/m0/s1. The second-order valence-corrected chi connectivity index (χ2v) is 7.52. The predicted molar refractivity (Wildman–Crippen MR) is 104 cm³/mol. The first kappa shape index (κ1) is 15.6. The molecule has 132 valence electrons. The van der Waals surface area contributed by atoms with Gasteiger partial charge in [-0.15, -0.1) is 0 Å². The van der Waals surface area contributed by atoms with Crippen molar-refractivity contribution in [3.63, 3.8) is 0 Å². The summed E-state index contributed by atoms with van der Waals surface area (Å²) in [5.74, 6) is 0.864. The van der Waals surface area contributed by atoms with Crippen LogP contribution in [-0.4, -0.2) is 27.1 Å². The van der Waals surface area contributed by atoms with Crippen LogP contribution in [0.1, 0.15) is 31.0 Å². The van der Waals surface area contributed by atoms with Gasteiger partial charge >= 0.3 is 0 Å². The minimum atomic E-state index is 0.0389. The molecule has 2 aliphatic rings. The average molecular weight is 346 g/mol. The highest BCUT2D eigenvalue weighted by Gasteiger charge is 2.29. The van der Waals surface area contributed by atoms with Crippen molar-refractivity contribution < 1.29 is 0 Å². The van der Waals surface area contributed by atoms with E-state index in [1.807, 2.05) is 24.4 Å². The predicted octanol–water partition coefficient (Wildman–Crippen LogP) is 3.08. The number of hydrogen-bond acceptors (Lipinski definition) is 4. The Hall–Kier alpha value is -2.69. The number of rotatable bonds is 2. The second kappa shape index (κ2) is 5.66. The molecular weight excluding hydrogens is 324 g/mol. The van der Waals surface area contributed by atoms with E-state index in [9.17, 15) is 4.79 Å². The summed E-state index contributed by atoms with van der Waals surface area (Å²) in [6, 6.07) is 8.58. The van der Waals surface area contributed by atoms with Gasteiger partial charge in [0.2, 0.25) is 5.95 Å². The summed E-state index contributed by atoms with van der Waals surface area (Å²) in [5.41, 5.74) is 4.65. The molecule has 3 aromatic rings. The van der Waals surface area contributed by atoms with Crippen LogP contribution in [0.3, 0.4) is 0 Å². The van der Waals surface area contributed by atoms with Gasteiger partial charge in [0, 0.05) is 48.0 Å². The molecule has 5 rings (SSSR count). The number of pyridine rings is 1. The molecule has 2 aromatic heterocycles. The fraction of sp³-hybridized carbons (Fsp3) is 0.381. The molecule has 0 N–H and O–H groups in total. The van der Waals surface area contributed by atoms with Crippen LogP contribution < -0.4 is 10.5 Å². The van der Waals surface area contributed by atoms with Crippen molar-refractivity contribution in [1.29, 1.82) is 0 Å². The second-order valence-electron chi connectivity index (χ2n) is 7.52. The molecule has 0 saturated carbocycles. The van der Waals surface area contributed by atoms with Gasteiger partial charge in [0.05, 0.1) is 5.69 Å². The van der Waals surface area contributed by atoms with Crippen molar-refractivity contribution in [3.05, 3.63) is 52.1 Å². The number of nitrogens with zero attached hydrogens (tertiary/aromatic N) is 4. The van der Waals surface area contributed by atoms with Gasteiger partial charge in [0.1, 0.15) is 0 Å². The summed E-state index contributed by atoms with van der Waals surface area (Å²) in [4.78, 5) is 24.4. The Morgan fingerprint density at radius 2 is 2.04 bits per heavy atom.